The normalized spacial score (nSPS) is 14.6. The number of pyridine rings is 1. The molecule has 0 spiro atoms. The van der Waals surface area contributed by atoms with Crippen molar-refractivity contribution >= 4 is 40.8 Å². The first kappa shape index (κ1) is 25.4. The van der Waals surface area contributed by atoms with Gasteiger partial charge in [-0.2, -0.15) is 0 Å². The van der Waals surface area contributed by atoms with Crippen LogP contribution in [0.4, 0.5) is 0 Å². The summed E-state index contributed by atoms with van der Waals surface area (Å²) >= 11 is 0. The van der Waals surface area contributed by atoms with Crippen LogP contribution in [0, 0.1) is 0 Å². The highest BCUT2D eigenvalue weighted by Gasteiger charge is 2.14. The van der Waals surface area contributed by atoms with Crippen LogP contribution in [0.1, 0.15) is 36.5 Å². The van der Waals surface area contributed by atoms with Gasteiger partial charge in [0.1, 0.15) is 0 Å². The third kappa shape index (κ3) is 7.65. The predicted octanol–water partition coefficient (Wildman–Crippen LogP) is 4.80. The third-order valence-electron chi connectivity index (χ3n) is 5.60. The molecule has 0 aliphatic carbocycles. The SMILES string of the molecule is CCNC(=NCc1cccc(COC2CCOCC2)c1)NCc1ccnc2ccccc12.I. The van der Waals surface area contributed by atoms with E-state index >= 15 is 0 Å². The van der Waals surface area contributed by atoms with E-state index in [9.17, 15) is 0 Å². The van der Waals surface area contributed by atoms with E-state index in [1.54, 1.807) is 0 Å². The second-order valence-electron chi connectivity index (χ2n) is 7.98. The van der Waals surface area contributed by atoms with Gasteiger partial charge in [-0.1, -0.05) is 42.5 Å². The molecule has 2 heterocycles. The summed E-state index contributed by atoms with van der Waals surface area (Å²) in [6.45, 7) is 6.42. The first-order chi connectivity index (χ1) is 15.8. The molecule has 7 heteroatoms. The minimum Gasteiger partial charge on any atom is -0.381 e. The Morgan fingerprint density at radius 1 is 1.06 bits per heavy atom. The summed E-state index contributed by atoms with van der Waals surface area (Å²) in [4.78, 5) is 9.24. The monoisotopic (exact) mass is 560 g/mol. The topological polar surface area (TPSA) is 67.8 Å². The van der Waals surface area contributed by atoms with Gasteiger partial charge in [-0.3, -0.25) is 4.98 Å². The molecule has 1 aliphatic rings. The number of aliphatic imine (C=N–C) groups is 1. The number of hydrogen-bond acceptors (Lipinski definition) is 4. The van der Waals surface area contributed by atoms with Crippen LogP contribution in [0.3, 0.4) is 0 Å². The molecule has 0 radical (unpaired) electrons. The lowest BCUT2D eigenvalue weighted by molar-refractivity contribution is -0.0390. The van der Waals surface area contributed by atoms with Crippen LogP contribution in [0.25, 0.3) is 10.9 Å². The molecular weight excluding hydrogens is 527 g/mol. The van der Waals surface area contributed by atoms with Crippen LogP contribution in [0.15, 0.2) is 65.8 Å². The average molecular weight is 560 g/mol. The van der Waals surface area contributed by atoms with Gasteiger partial charge in [0, 0.05) is 37.9 Å². The van der Waals surface area contributed by atoms with Gasteiger partial charge in [0.25, 0.3) is 0 Å². The van der Waals surface area contributed by atoms with E-state index in [-0.39, 0.29) is 24.0 Å². The first-order valence-electron chi connectivity index (χ1n) is 11.4. The molecule has 0 bridgehead atoms. The Hall–Kier alpha value is -2.23. The van der Waals surface area contributed by atoms with Gasteiger partial charge in [-0.25, -0.2) is 4.99 Å². The number of nitrogens with zero attached hydrogens (tertiary/aromatic N) is 2. The Morgan fingerprint density at radius 3 is 2.73 bits per heavy atom. The number of hydrogen-bond donors (Lipinski definition) is 2. The van der Waals surface area contributed by atoms with Crippen molar-refractivity contribution in [3.05, 3.63) is 77.5 Å². The van der Waals surface area contributed by atoms with E-state index in [0.717, 1.165) is 49.5 Å². The van der Waals surface area contributed by atoms with Crippen LogP contribution in [0.2, 0.25) is 0 Å². The fraction of sp³-hybridized carbons (Fsp3) is 0.385. The summed E-state index contributed by atoms with van der Waals surface area (Å²) in [6.07, 6.45) is 4.12. The number of benzene rings is 2. The molecule has 4 rings (SSSR count). The predicted molar refractivity (Wildman–Crippen MR) is 144 cm³/mol. The molecule has 2 aromatic carbocycles. The van der Waals surface area contributed by atoms with Gasteiger partial charge in [0.2, 0.25) is 0 Å². The molecular formula is C26H33IN4O2. The lowest BCUT2D eigenvalue weighted by Gasteiger charge is -2.22. The Labute approximate surface area is 213 Å². The minimum absolute atomic E-state index is 0. The summed E-state index contributed by atoms with van der Waals surface area (Å²) in [6, 6.07) is 18.8. The molecule has 33 heavy (non-hydrogen) atoms. The maximum atomic E-state index is 6.07. The van der Waals surface area contributed by atoms with E-state index in [0.29, 0.717) is 25.8 Å². The van der Waals surface area contributed by atoms with E-state index in [4.69, 9.17) is 14.5 Å². The van der Waals surface area contributed by atoms with E-state index in [2.05, 4.69) is 58.9 Å². The van der Waals surface area contributed by atoms with Crippen LogP contribution in [-0.2, 0) is 29.2 Å². The summed E-state index contributed by atoms with van der Waals surface area (Å²) in [7, 11) is 0. The molecule has 1 fully saturated rings. The standard InChI is InChI=1S/C26H32N4O2.HI/c1-2-27-26(30-18-22-10-13-28-25-9-4-3-8-24(22)25)29-17-20-6-5-7-21(16-20)19-32-23-11-14-31-15-12-23;/h3-10,13,16,23H,2,11-12,14-15,17-19H2,1H3,(H2,27,29,30);1H. The van der Waals surface area contributed by atoms with E-state index in [1.165, 1.54) is 16.7 Å². The highest BCUT2D eigenvalue weighted by Crippen LogP contribution is 2.16. The van der Waals surface area contributed by atoms with Gasteiger partial charge in [0.15, 0.2) is 5.96 Å². The summed E-state index contributed by atoms with van der Waals surface area (Å²) in [5.74, 6) is 0.803. The van der Waals surface area contributed by atoms with Gasteiger partial charge in [0.05, 0.1) is 24.8 Å². The number of fused-ring (bicyclic) bond motifs is 1. The van der Waals surface area contributed by atoms with Crippen molar-refractivity contribution in [3.63, 3.8) is 0 Å². The molecule has 6 nitrogen and oxygen atoms in total. The van der Waals surface area contributed by atoms with Crippen molar-refractivity contribution in [3.8, 4) is 0 Å². The van der Waals surface area contributed by atoms with E-state index in [1.807, 2.05) is 24.4 Å². The molecule has 3 aromatic rings. The molecule has 1 saturated heterocycles. The first-order valence-corrected chi connectivity index (χ1v) is 11.4. The zero-order valence-electron chi connectivity index (χ0n) is 19.1. The minimum atomic E-state index is 0. The van der Waals surface area contributed by atoms with Gasteiger partial charge < -0.3 is 20.1 Å². The second-order valence-corrected chi connectivity index (χ2v) is 7.98. The number of para-hydroxylation sites is 1. The summed E-state index contributed by atoms with van der Waals surface area (Å²) < 4.78 is 11.5. The summed E-state index contributed by atoms with van der Waals surface area (Å²) in [5, 5.41) is 7.96. The maximum absolute atomic E-state index is 6.07. The van der Waals surface area contributed by atoms with Gasteiger partial charge in [-0.05, 0) is 48.6 Å². The fourth-order valence-corrected chi connectivity index (χ4v) is 3.87. The molecule has 0 atom stereocenters. The van der Waals surface area contributed by atoms with Crippen molar-refractivity contribution < 1.29 is 9.47 Å². The van der Waals surface area contributed by atoms with Gasteiger partial charge in [-0.15, -0.1) is 24.0 Å². The van der Waals surface area contributed by atoms with Crippen LogP contribution >= 0.6 is 24.0 Å². The molecule has 0 unspecified atom stereocenters. The van der Waals surface area contributed by atoms with Crippen LogP contribution in [-0.4, -0.2) is 36.8 Å². The van der Waals surface area contributed by atoms with Crippen molar-refractivity contribution in [1.82, 2.24) is 15.6 Å². The Kier molecular flexibility index (Phi) is 10.4. The second kappa shape index (κ2) is 13.5. The lowest BCUT2D eigenvalue weighted by atomic mass is 10.1. The van der Waals surface area contributed by atoms with Crippen molar-refractivity contribution in [1.29, 1.82) is 0 Å². The quantitative estimate of drug-likeness (QED) is 0.235. The molecule has 2 N–H and O–H groups in total. The largest absolute Gasteiger partial charge is 0.381 e. The van der Waals surface area contributed by atoms with Crippen LogP contribution in [0.5, 0.6) is 0 Å². The highest BCUT2D eigenvalue weighted by molar-refractivity contribution is 14.0. The molecule has 1 aromatic heterocycles. The van der Waals surface area contributed by atoms with Gasteiger partial charge >= 0.3 is 0 Å². The molecule has 176 valence electrons. The number of ether oxygens (including phenoxy) is 2. The lowest BCUT2D eigenvalue weighted by Crippen LogP contribution is -2.36. The number of rotatable bonds is 8. The Balaban J connectivity index is 0.00000306. The molecule has 0 saturated carbocycles. The zero-order valence-corrected chi connectivity index (χ0v) is 21.5. The van der Waals surface area contributed by atoms with Crippen LogP contribution < -0.4 is 10.6 Å². The third-order valence-corrected chi connectivity index (χ3v) is 5.60. The Morgan fingerprint density at radius 2 is 1.88 bits per heavy atom. The van der Waals surface area contributed by atoms with Crippen molar-refractivity contribution in [2.45, 2.75) is 45.6 Å². The summed E-state index contributed by atoms with van der Waals surface area (Å²) in [5.41, 5.74) is 4.57. The van der Waals surface area contributed by atoms with Crippen molar-refractivity contribution in [2.75, 3.05) is 19.8 Å². The number of nitrogens with one attached hydrogen (secondary N) is 2. The maximum Gasteiger partial charge on any atom is 0.191 e. The average Bonchev–Trinajstić information content (AvgIpc) is 2.85. The number of aromatic nitrogens is 1. The molecule has 1 aliphatic heterocycles. The molecule has 0 amide bonds. The number of guanidine groups is 1. The Bertz CT molecular complexity index is 1030. The highest BCUT2D eigenvalue weighted by atomic mass is 127. The van der Waals surface area contributed by atoms with E-state index < -0.39 is 0 Å². The van der Waals surface area contributed by atoms with Crippen molar-refractivity contribution in [2.24, 2.45) is 4.99 Å². The zero-order chi connectivity index (χ0) is 22.0. The fourth-order valence-electron chi connectivity index (χ4n) is 3.87. The smallest absolute Gasteiger partial charge is 0.191 e. The number of halogens is 1.